The van der Waals surface area contributed by atoms with Crippen molar-refractivity contribution in [2.45, 2.75) is 19.5 Å². The average molecular weight is 410 g/mol. The predicted octanol–water partition coefficient (Wildman–Crippen LogP) is 2.65. The van der Waals surface area contributed by atoms with Gasteiger partial charge < -0.3 is 10.2 Å². The first kappa shape index (κ1) is 19.1. The van der Waals surface area contributed by atoms with Gasteiger partial charge in [-0.15, -0.1) is 0 Å². The highest BCUT2D eigenvalue weighted by molar-refractivity contribution is 6.31. The van der Waals surface area contributed by atoms with Gasteiger partial charge in [0.15, 0.2) is 0 Å². The molecule has 2 amide bonds. The molecule has 148 valence electrons. The number of amides is 2. The van der Waals surface area contributed by atoms with Crippen LogP contribution in [0.25, 0.3) is 0 Å². The maximum Gasteiger partial charge on any atom is 0.227 e. The lowest BCUT2D eigenvalue weighted by Gasteiger charge is -2.17. The van der Waals surface area contributed by atoms with E-state index in [0.29, 0.717) is 24.7 Å². The monoisotopic (exact) mass is 409 g/mol. The van der Waals surface area contributed by atoms with Crippen molar-refractivity contribution in [3.8, 4) is 0 Å². The maximum absolute atomic E-state index is 12.6. The summed E-state index contributed by atoms with van der Waals surface area (Å²) in [4.78, 5) is 30.4. The van der Waals surface area contributed by atoms with Crippen LogP contribution in [-0.2, 0) is 22.7 Å². The number of hydrogen-bond donors (Lipinski definition) is 1. The van der Waals surface area contributed by atoms with Crippen molar-refractivity contribution >= 4 is 29.1 Å². The summed E-state index contributed by atoms with van der Waals surface area (Å²) in [7, 11) is 0. The molecule has 1 saturated heterocycles. The lowest BCUT2D eigenvalue weighted by molar-refractivity contribution is -0.126. The van der Waals surface area contributed by atoms with Gasteiger partial charge in [0, 0.05) is 30.2 Å². The highest BCUT2D eigenvalue weighted by Crippen LogP contribution is 2.27. The molecule has 0 radical (unpaired) electrons. The number of nitrogens with zero attached hydrogens (tertiary/aromatic N) is 4. The first-order valence-electron chi connectivity index (χ1n) is 9.32. The Morgan fingerprint density at radius 3 is 2.69 bits per heavy atom. The average Bonchev–Trinajstić information content (AvgIpc) is 3.37. The van der Waals surface area contributed by atoms with Crippen LogP contribution >= 0.6 is 11.6 Å². The van der Waals surface area contributed by atoms with E-state index in [-0.39, 0.29) is 24.2 Å². The smallest absolute Gasteiger partial charge is 0.227 e. The van der Waals surface area contributed by atoms with Crippen molar-refractivity contribution in [2.24, 2.45) is 5.92 Å². The number of rotatable bonds is 6. The third kappa shape index (κ3) is 4.63. The van der Waals surface area contributed by atoms with Crippen LogP contribution in [0.3, 0.4) is 0 Å². The number of aromatic nitrogens is 3. The number of carbonyl (C=O) groups is 2. The lowest BCUT2D eigenvalue weighted by atomic mass is 10.1. The van der Waals surface area contributed by atoms with Crippen molar-refractivity contribution < 1.29 is 9.59 Å². The molecule has 1 atom stereocenters. The van der Waals surface area contributed by atoms with E-state index >= 15 is 0 Å². The largest absolute Gasteiger partial charge is 0.352 e. The van der Waals surface area contributed by atoms with Crippen LogP contribution in [0.4, 0.5) is 5.69 Å². The number of anilines is 1. The lowest BCUT2D eigenvalue weighted by Crippen LogP contribution is -2.32. The molecule has 2 heterocycles. The van der Waals surface area contributed by atoms with Crippen LogP contribution in [-0.4, -0.2) is 33.1 Å². The van der Waals surface area contributed by atoms with Crippen molar-refractivity contribution in [3.05, 3.63) is 77.3 Å². The number of carbonyl (C=O) groups excluding carboxylic acids is 2. The molecule has 8 heteroatoms. The van der Waals surface area contributed by atoms with Crippen LogP contribution < -0.4 is 10.2 Å². The predicted molar refractivity (Wildman–Crippen MR) is 109 cm³/mol. The van der Waals surface area contributed by atoms with Gasteiger partial charge >= 0.3 is 0 Å². The molecule has 3 aromatic rings. The van der Waals surface area contributed by atoms with E-state index < -0.39 is 0 Å². The zero-order valence-corrected chi connectivity index (χ0v) is 16.4. The molecule has 0 spiro atoms. The molecule has 1 fully saturated rings. The summed E-state index contributed by atoms with van der Waals surface area (Å²) < 4.78 is 1.75. The Morgan fingerprint density at radius 1 is 1.17 bits per heavy atom. The van der Waals surface area contributed by atoms with E-state index in [1.165, 1.54) is 6.33 Å². The van der Waals surface area contributed by atoms with Gasteiger partial charge in [0.2, 0.25) is 11.8 Å². The summed E-state index contributed by atoms with van der Waals surface area (Å²) in [5, 5.41) is 7.59. The Kier molecular flexibility index (Phi) is 5.57. The fraction of sp³-hybridized carbons (Fsp3) is 0.238. The van der Waals surface area contributed by atoms with Crippen molar-refractivity contribution in [1.82, 2.24) is 20.1 Å². The second-order valence-electron chi connectivity index (χ2n) is 7.01. The molecule has 29 heavy (non-hydrogen) atoms. The molecule has 1 aromatic heterocycles. The normalized spacial score (nSPS) is 16.2. The van der Waals surface area contributed by atoms with E-state index in [0.717, 1.165) is 16.8 Å². The number of halogens is 1. The van der Waals surface area contributed by atoms with Gasteiger partial charge in [0.05, 0.1) is 12.5 Å². The van der Waals surface area contributed by atoms with Crippen LogP contribution in [0.2, 0.25) is 5.02 Å². The molecule has 2 aromatic carbocycles. The van der Waals surface area contributed by atoms with Gasteiger partial charge in [0.25, 0.3) is 0 Å². The molecule has 0 aliphatic carbocycles. The fourth-order valence-corrected chi connectivity index (χ4v) is 3.56. The number of benzene rings is 2. The minimum Gasteiger partial charge on any atom is -0.352 e. The number of hydrogen-bond acceptors (Lipinski definition) is 4. The Bertz CT molecular complexity index is 1000. The van der Waals surface area contributed by atoms with Crippen LogP contribution in [0.5, 0.6) is 0 Å². The standard InChI is InChI=1S/C21H20ClN5O2/c22-18-2-1-3-19(9-18)27-12-17(8-20(27)28)21(29)24-10-15-4-6-16(7-5-15)11-26-14-23-13-25-26/h1-7,9,13-14,17H,8,10-12H2,(H,24,29)/t17-/m0/s1. The second-order valence-corrected chi connectivity index (χ2v) is 7.45. The second kappa shape index (κ2) is 8.45. The van der Waals surface area contributed by atoms with Gasteiger partial charge in [0.1, 0.15) is 12.7 Å². The molecule has 1 N–H and O–H groups in total. The Morgan fingerprint density at radius 2 is 1.97 bits per heavy atom. The summed E-state index contributed by atoms with van der Waals surface area (Å²) in [5.41, 5.74) is 2.82. The Hall–Kier alpha value is -3.19. The van der Waals surface area contributed by atoms with Crippen molar-refractivity contribution in [3.63, 3.8) is 0 Å². The zero-order chi connectivity index (χ0) is 20.2. The molecule has 4 rings (SSSR count). The third-order valence-corrected chi connectivity index (χ3v) is 5.15. The SMILES string of the molecule is O=C(NCc1ccc(Cn2cncn2)cc1)[C@H]1CC(=O)N(c2cccc(Cl)c2)C1. The minimum absolute atomic E-state index is 0.0649. The highest BCUT2D eigenvalue weighted by Gasteiger charge is 2.35. The molecule has 1 aliphatic rings. The van der Waals surface area contributed by atoms with Crippen LogP contribution in [0, 0.1) is 5.92 Å². The first-order valence-corrected chi connectivity index (χ1v) is 9.70. The summed E-state index contributed by atoms with van der Waals surface area (Å²) in [6.07, 6.45) is 3.38. The van der Waals surface area contributed by atoms with Gasteiger partial charge in [-0.3, -0.25) is 9.59 Å². The minimum atomic E-state index is -0.368. The van der Waals surface area contributed by atoms with Gasteiger partial charge in [-0.05, 0) is 29.3 Å². The molecular weight excluding hydrogens is 390 g/mol. The molecular formula is C21H20ClN5O2. The van der Waals surface area contributed by atoms with Crippen LogP contribution in [0.1, 0.15) is 17.5 Å². The van der Waals surface area contributed by atoms with E-state index in [9.17, 15) is 9.59 Å². The first-order chi connectivity index (χ1) is 14.1. The Balaban J connectivity index is 1.31. The molecule has 0 unspecified atom stereocenters. The molecule has 1 aliphatic heterocycles. The van der Waals surface area contributed by atoms with E-state index in [1.807, 2.05) is 30.3 Å². The number of nitrogens with one attached hydrogen (secondary N) is 1. The summed E-state index contributed by atoms with van der Waals surface area (Å²) in [5.74, 6) is -0.549. The summed E-state index contributed by atoms with van der Waals surface area (Å²) in [6, 6.07) is 15.1. The maximum atomic E-state index is 12.6. The van der Waals surface area contributed by atoms with E-state index in [1.54, 1.807) is 34.1 Å². The third-order valence-electron chi connectivity index (χ3n) is 4.92. The molecule has 0 bridgehead atoms. The van der Waals surface area contributed by atoms with Gasteiger partial charge in [-0.25, -0.2) is 9.67 Å². The quantitative estimate of drug-likeness (QED) is 0.678. The molecule has 7 nitrogen and oxygen atoms in total. The Labute approximate surface area is 173 Å². The highest BCUT2D eigenvalue weighted by atomic mass is 35.5. The van der Waals surface area contributed by atoms with Crippen molar-refractivity contribution in [1.29, 1.82) is 0 Å². The summed E-state index contributed by atoms with van der Waals surface area (Å²) >= 11 is 6.01. The fourth-order valence-electron chi connectivity index (χ4n) is 3.37. The van der Waals surface area contributed by atoms with Gasteiger partial charge in [-0.1, -0.05) is 41.9 Å². The van der Waals surface area contributed by atoms with Gasteiger partial charge in [-0.2, -0.15) is 5.10 Å². The van der Waals surface area contributed by atoms with E-state index in [4.69, 9.17) is 11.6 Å². The topological polar surface area (TPSA) is 80.1 Å². The summed E-state index contributed by atoms with van der Waals surface area (Å²) in [6.45, 7) is 1.43. The van der Waals surface area contributed by atoms with Crippen molar-refractivity contribution in [2.75, 3.05) is 11.4 Å². The van der Waals surface area contributed by atoms with Crippen LogP contribution in [0.15, 0.2) is 61.2 Å². The zero-order valence-electron chi connectivity index (χ0n) is 15.7. The molecule has 0 saturated carbocycles. The van der Waals surface area contributed by atoms with E-state index in [2.05, 4.69) is 15.4 Å².